The van der Waals surface area contributed by atoms with E-state index in [1.165, 1.54) is 12.1 Å². The lowest BCUT2D eigenvalue weighted by Crippen LogP contribution is -2.40. The summed E-state index contributed by atoms with van der Waals surface area (Å²) in [6.45, 7) is 0. The van der Waals surface area contributed by atoms with Crippen molar-refractivity contribution in [3.63, 3.8) is 0 Å². The number of fused-ring (bicyclic) bond motifs is 1. The van der Waals surface area contributed by atoms with Gasteiger partial charge in [-0.15, -0.1) is 0 Å². The normalized spacial score (nSPS) is 24.8. The highest BCUT2D eigenvalue weighted by atomic mass is 35.5. The van der Waals surface area contributed by atoms with Crippen LogP contribution in [-0.2, 0) is 15.8 Å². The summed E-state index contributed by atoms with van der Waals surface area (Å²) in [7, 11) is 0. The fraction of sp³-hybridized carbons (Fsp3) is 0.318. The molecule has 2 aromatic carbocycles. The van der Waals surface area contributed by atoms with Gasteiger partial charge in [0.15, 0.2) is 0 Å². The third-order valence-corrected chi connectivity index (χ3v) is 6.03. The Kier molecular flexibility index (Phi) is 5.07. The molecule has 0 radical (unpaired) electrons. The number of hydrogen-bond donors (Lipinski definition) is 0. The van der Waals surface area contributed by atoms with Crippen molar-refractivity contribution in [3.05, 3.63) is 70.2 Å². The number of carbonyl (C=O) groups is 2. The first kappa shape index (κ1) is 19.8. The molecule has 3 nitrogen and oxygen atoms in total. The lowest BCUT2D eigenvalue weighted by atomic mass is 9.67. The lowest BCUT2D eigenvalue weighted by molar-refractivity contribution is -0.137. The van der Waals surface area contributed by atoms with E-state index in [0.717, 1.165) is 17.7 Å². The number of benzene rings is 2. The van der Waals surface area contributed by atoms with Crippen LogP contribution < -0.4 is 0 Å². The molecule has 7 heteroatoms. The van der Waals surface area contributed by atoms with Crippen LogP contribution in [0.2, 0.25) is 5.02 Å². The number of Topliss-reactive ketones (excluding diaryl/α,β-unsaturated/α-hetero) is 1. The van der Waals surface area contributed by atoms with Crippen LogP contribution in [0.25, 0.3) is 0 Å². The van der Waals surface area contributed by atoms with E-state index in [1.54, 1.807) is 6.07 Å². The predicted molar refractivity (Wildman–Crippen MR) is 103 cm³/mol. The molecule has 1 heterocycles. The Morgan fingerprint density at radius 1 is 0.931 bits per heavy atom. The number of aliphatic imine (C=N–C) groups is 1. The minimum absolute atomic E-state index is 0.0159. The van der Waals surface area contributed by atoms with E-state index in [9.17, 15) is 22.8 Å². The second kappa shape index (κ2) is 7.41. The quantitative estimate of drug-likeness (QED) is 0.638. The Bertz CT molecular complexity index is 998. The molecule has 0 aromatic heterocycles. The summed E-state index contributed by atoms with van der Waals surface area (Å²) >= 11 is 6.28. The first-order valence-corrected chi connectivity index (χ1v) is 9.66. The molecule has 1 aliphatic carbocycles. The fourth-order valence-corrected chi connectivity index (χ4v) is 4.64. The van der Waals surface area contributed by atoms with E-state index >= 15 is 0 Å². The number of rotatable bonds is 2. The summed E-state index contributed by atoms with van der Waals surface area (Å²) in [6, 6.07) is 12.0. The Morgan fingerprint density at radius 2 is 1.62 bits per heavy atom. The van der Waals surface area contributed by atoms with Crippen molar-refractivity contribution >= 4 is 29.0 Å². The second-order valence-corrected chi connectivity index (χ2v) is 7.91. The molecule has 1 aliphatic heterocycles. The van der Waals surface area contributed by atoms with Gasteiger partial charge in [-0.25, -0.2) is 4.99 Å². The molecule has 29 heavy (non-hydrogen) atoms. The molecule has 0 N–H and O–H groups in total. The molecule has 3 atom stereocenters. The van der Waals surface area contributed by atoms with Crippen molar-refractivity contribution in [1.29, 1.82) is 0 Å². The van der Waals surface area contributed by atoms with Gasteiger partial charge in [0.1, 0.15) is 5.78 Å². The summed E-state index contributed by atoms with van der Waals surface area (Å²) < 4.78 is 38.6. The van der Waals surface area contributed by atoms with E-state index in [2.05, 4.69) is 4.99 Å². The summed E-state index contributed by atoms with van der Waals surface area (Å²) in [4.78, 5) is 29.4. The van der Waals surface area contributed by atoms with Crippen LogP contribution in [0.15, 0.2) is 53.5 Å². The number of ketones is 1. The smallest absolute Gasteiger partial charge is 0.299 e. The zero-order valence-electron chi connectivity index (χ0n) is 15.2. The maximum Gasteiger partial charge on any atom is 0.416 e. The standard InChI is InChI=1S/C22H17ClF3NO2/c23-17-4-2-1-3-15(17)13-9-18-21(19(28)10-13)16(11-20(29)27-18)12-5-7-14(8-6-12)22(24,25)26/h1-8,13,16,21H,9-11H2. The van der Waals surface area contributed by atoms with E-state index in [0.29, 0.717) is 22.7 Å². The van der Waals surface area contributed by atoms with Crippen molar-refractivity contribution < 1.29 is 22.8 Å². The molecule has 1 amide bonds. The Morgan fingerprint density at radius 3 is 2.28 bits per heavy atom. The summed E-state index contributed by atoms with van der Waals surface area (Å²) in [5, 5.41) is 0.561. The van der Waals surface area contributed by atoms with Gasteiger partial charge < -0.3 is 0 Å². The van der Waals surface area contributed by atoms with Crippen LogP contribution in [0, 0.1) is 5.92 Å². The van der Waals surface area contributed by atoms with Gasteiger partial charge in [-0.3, -0.25) is 9.59 Å². The SMILES string of the molecule is O=C1CC(c2ccc(C(F)(F)F)cc2)C2C(=O)CC(c3ccccc3Cl)CC2=N1. The molecule has 1 saturated carbocycles. The Balaban J connectivity index is 1.64. The molecule has 0 saturated heterocycles. The van der Waals surface area contributed by atoms with Gasteiger partial charge in [-0.1, -0.05) is 41.9 Å². The molecule has 2 aromatic rings. The monoisotopic (exact) mass is 419 g/mol. The maximum atomic E-state index is 13.0. The molecule has 0 spiro atoms. The zero-order chi connectivity index (χ0) is 20.8. The van der Waals surface area contributed by atoms with Crippen LogP contribution >= 0.6 is 11.6 Å². The lowest BCUT2D eigenvalue weighted by Gasteiger charge is -2.36. The maximum absolute atomic E-state index is 13.0. The summed E-state index contributed by atoms with van der Waals surface area (Å²) in [6.07, 6.45) is -3.72. The summed E-state index contributed by atoms with van der Waals surface area (Å²) in [5.74, 6) is -1.64. The predicted octanol–water partition coefficient (Wildman–Crippen LogP) is 5.58. The van der Waals surface area contributed by atoms with Gasteiger partial charge in [0.2, 0.25) is 5.91 Å². The van der Waals surface area contributed by atoms with Gasteiger partial charge in [-0.05, 0) is 41.7 Å². The Hall–Kier alpha value is -2.47. The van der Waals surface area contributed by atoms with Gasteiger partial charge in [-0.2, -0.15) is 13.2 Å². The fourth-order valence-electron chi connectivity index (χ4n) is 4.35. The van der Waals surface area contributed by atoms with Crippen LogP contribution in [0.5, 0.6) is 0 Å². The van der Waals surface area contributed by atoms with E-state index in [1.807, 2.05) is 18.2 Å². The average molecular weight is 420 g/mol. The number of amides is 1. The topological polar surface area (TPSA) is 46.5 Å². The highest BCUT2D eigenvalue weighted by Crippen LogP contribution is 2.44. The molecule has 0 bridgehead atoms. The number of halogens is 4. The van der Waals surface area contributed by atoms with E-state index in [4.69, 9.17) is 11.6 Å². The van der Waals surface area contributed by atoms with E-state index < -0.39 is 23.6 Å². The average Bonchev–Trinajstić information content (AvgIpc) is 2.66. The van der Waals surface area contributed by atoms with Crippen LogP contribution in [-0.4, -0.2) is 17.4 Å². The van der Waals surface area contributed by atoms with Crippen molar-refractivity contribution in [3.8, 4) is 0 Å². The van der Waals surface area contributed by atoms with Crippen molar-refractivity contribution in [2.24, 2.45) is 10.9 Å². The minimum Gasteiger partial charge on any atom is -0.299 e. The third kappa shape index (κ3) is 3.86. The zero-order valence-corrected chi connectivity index (χ0v) is 16.0. The number of nitrogens with zero attached hydrogens (tertiary/aromatic N) is 1. The van der Waals surface area contributed by atoms with Crippen LogP contribution in [0.1, 0.15) is 47.8 Å². The van der Waals surface area contributed by atoms with Crippen LogP contribution in [0.4, 0.5) is 13.2 Å². The Labute approximate surface area is 170 Å². The number of alkyl halides is 3. The molecule has 2 aliphatic rings. The van der Waals surface area contributed by atoms with Gasteiger partial charge in [0.25, 0.3) is 0 Å². The summed E-state index contributed by atoms with van der Waals surface area (Å²) in [5.41, 5.74) is 1.14. The molecular formula is C22H17ClF3NO2. The first-order valence-electron chi connectivity index (χ1n) is 9.28. The highest BCUT2D eigenvalue weighted by molar-refractivity contribution is 6.31. The van der Waals surface area contributed by atoms with Crippen molar-refractivity contribution in [2.45, 2.75) is 37.3 Å². The largest absolute Gasteiger partial charge is 0.416 e. The second-order valence-electron chi connectivity index (χ2n) is 7.50. The molecule has 3 unspecified atom stereocenters. The van der Waals surface area contributed by atoms with Gasteiger partial charge >= 0.3 is 6.18 Å². The molecule has 150 valence electrons. The first-order chi connectivity index (χ1) is 13.7. The minimum atomic E-state index is -4.43. The van der Waals surface area contributed by atoms with Crippen LogP contribution in [0.3, 0.4) is 0 Å². The van der Waals surface area contributed by atoms with Crippen molar-refractivity contribution in [1.82, 2.24) is 0 Å². The van der Waals surface area contributed by atoms with E-state index in [-0.39, 0.29) is 30.4 Å². The van der Waals surface area contributed by atoms with Crippen molar-refractivity contribution in [2.75, 3.05) is 0 Å². The third-order valence-electron chi connectivity index (χ3n) is 5.69. The van der Waals surface area contributed by atoms with Gasteiger partial charge in [0.05, 0.1) is 11.5 Å². The molecule has 4 rings (SSSR count). The van der Waals surface area contributed by atoms with Gasteiger partial charge in [0, 0.05) is 29.5 Å². The number of hydrogen-bond acceptors (Lipinski definition) is 2. The molecular weight excluding hydrogens is 403 g/mol. The number of carbonyl (C=O) groups excluding carboxylic acids is 2. The highest BCUT2D eigenvalue weighted by Gasteiger charge is 2.43. The molecule has 1 fully saturated rings.